The van der Waals surface area contributed by atoms with E-state index in [9.17, 15) is 14.0 Å². The number of nitrogens with one attached hydrogen (secondary N) is 3. The topological polar surface area (TPSA) is 88.7 Å². The van der Waals surface area contributed by atoms with Crippen molar-refractivity contribution in [3.63, 3.8) is 0 Å². The van der Waals surface area contributed by atoms with Crippen molar-refractivity contribution in [3.05, 3.63) is 59.4 Å². The van der Waals surface area contributed by atoms with Crippen molar-refractivity contribution < 1.29 is 23.5 Å². The number of methoxy groups -OCH3 is 2. The van der Waals surface area contributed by atoms with Crippen LogP contribution in [0.25, 0.3) is 0 Å². The zero-order chi connectivity index (χ0) is 20.5. The van der Waals surface area contributed by atoms with E-state index in [-0.39, 0.29) is 30.9 Å². The Kier molecular flexibility index (Phi) is 7.62. The number of hydrogen-bond acceptors (Lipinski definition) is 4. The maximum atomic E-state index is 12.9. The van der Waals surface area contributed by atoms with Gasteiger partial charge >= 0.3 is 6.03 Å². The molecule has 150 valence electrons. The smallest absolute Gasteiger partial charge is 0.315 e. The average Bonchev–Trinajstić information content (AvgIpc) is 2.71. The molecule has 0 aromatic heterocycles. The molecule has 2 aromatic carbocycles. The van der Waals surface area contributed by atoms with Crippen LogP contribution in [0.3, 0.4) is 0 Å². The van der Waals surface area contributed by atoms with Crippen LogP contribution in [-0.2, 0) is 11.3 Å². The van der Waals surface area contributed by atoms with E-state index in [0.29, 0.717) is 11.5 Å². The Bertz CT molecular complexity index is 812. The van der Waals surface area contributed by atoms with Crippen LogP contribution in [0.4, 0.5) is 9.18 Å². The molecular weight excluding hydrogens is 365 g/mol. The van der Waals surface area contributed by atoms with Gasteiger partial charge in [0.1, 0.15) is 17.3 Å². The van der Waals surface area contributed by atoms with E-state index in [1.807, 2.05) is 6.92 Å². The quantitative estimate of drug-likeness (QED) is 0.647. The molecule has 1 atom stereocenters. The summed E-state index contributed by atoms with van der Waals surface area (Å²) in [6.07, 6.45) is 0. The fraction of sp³-hybridized carbons (Fsp3) is 0.300. The molecule has 1 unspecified atom stereocenters. The lowest BCUT2D eigenvalue weighted by molar-refractivity contribution is -0.120. The van der Waals surface area contributed by atoms with Crippen molar-refractivity contribution in [2.45, 2.75) is 19.5 Å². The van der Waals surface area contributed by atoms with E-state index < -0.39 is 6.03 Å². The zero-order valence-electron chi connectivity index (χ0n) is 16.0. The number of carbonyl (C=O) groups excluding carboxylic acids is 2. The second kappa shape index (κ2) is 10.1. The van der Waals surface area contributed by atoms with Crippen LogP contribution in [-0.4, -0.2) is 32.7 Å². The second-order valence-electron chi connectivity index (χ2n) is 6.06. The molecule has 0 saturated heterocycles. The molecule has 0 bridgehead atoms. The number of halogens is 1. The van der Waals surface area contributed by atoms with Gasteiger partial charge in [0.05, 0.1) is 26.8 Å². The molecule has 0 spiro atoms. The van der Waals surface area contributed by atoms with Crippen molar-refractivity contribution in [3.8, 4) is 11.5 Å². The van der Waals surface area contributed by atoms with Gasteiger partial charge in [-0.2, -0.15) is 0 Å². The summed E-state index contributed by atoms with van der Waals surface area (Å²) in [6.45, 7) is 1.85. The summed E-state index contributed by atoms with van der Waals surface area (Å²) in [4.78, 5) is 23.9. The van der Waals surface area contributed by atoms with Crippen molar-refractivity contribution >= 4 is 11.9 Å². The summed E-state index contributed by atoms with van der Waals surface area (Å²) in [6, 6.07) is 10.3. The fourth-order valence-corrected chi connectivity index (χ4v) is 2.56. The van der Waals surface area contributed by atoms with Gasteiger partial charge in [0, 0.05) is 12.1 Å². The standard InChI is InChI=1S/C20H24FN3O4/c1-13(17-10-16(27-2)8-9-18(17)28-3)24-19(25)12-23-20(26)22-11-14-4-6-15(21)7-5-14/h4-10,13H,11-12H2,1-3H3,(H,24,25)(H2,22,23,26). The normalized spacial score (nSPS) is 11.3. The van der Waals surface area contributed by atoms with Gasteiger partial charge < -0.3 is 25.4 Å². The van der Waals surface area contributed by atoms with E-state index in [0.717, 1.165) is 11.1 Å². The summed E-state index contributed by atoms with van der Waals surface area (Å²) >= 11 is 0. The molecule has 0 aliphatic heterocycles. The molecule has 8 heteroatoms. The number of amides is 3. The fourth-order valence-electron chi connectivity index (χ4n) is 2.56. The molecule has 28 heavy (non-hydrogen) atoms. The molecule has 0 saturated carbocycles. The summed E-state index contributed by atoms with van der Waals surface area (Å²) in [5.74, 6) is 0.578. The first-order valence-corrected chi connectivity index (χ1v) is 8.70. The Balaban J connectivity index is 1.81. The van der Waals surface area contributed by atoms with E-state index in [1.54, 1.807) is 44.6 Å². The van der Waals surface area contributed by atoms with E-state index >= 15 is 0 Å². The average molecular weight is 389 g/mol. The number of benzene rings is 2. The van der Waals surface area contributed by atoms with Crippen molar-refractivity contribution in [1.82, 2.24) is 16.0 Å². The third-order valence-corrected chi connectivity index (χ3v) is 4.06. The highest BCUT2D eigenvalue weighted by molar-refractivity contribution is 5.84. The van der Waals surface area contributed by atoms with Crippen LogP contribution in [0.15, 0.2) is 42.5 Å². The monoisotopic (exact) mass is 389 g/mol. The lowest BCUT2D eigenvalue weighted by atomic mass is 10.1. The van der Waals surface area contributed by atoms with Crippen LogP contribution in [0.2, 0.25) is 0 Å². The van der Waals surface area contributed by atoms with E-state index in [4.69, 9.17) is 9.47 Å². The van der Waals surface area contributed by atoms with Gasteiger partial charge in [-0.1, -0.05) is 12.1 Å². The Morgan fingerprint density at radius 1 is 1.04 bits per heavy atom. The van der Waals surface area contributed by atoms with Crippen LogP contribution in [0.5, 0.6) is 11.5 Å². The third kappa shape index (κ3) is 6.15. The van der Waals surface area contributed by atoms with Gasteiger partial charge in [0.25, 0.3) is 0 Å². The maximum absolute atomic E-state index is 12.9. The molecule has 7 nitrogen and oxygen atoms in total. The lowest BCUT2D eigenvalue weighted by Crippen LogP contribution is -2.42. The van der Waals surface area contributed by atoms with Crippen molar-refractivity contribution in [2.75, 3.05) is 20.8 Å². The number of rotatable bonds is 8. The third-order valence-electron chi connectivity index (χ3n) is 4.06. The number of hydrogen-bond donors (Lipinski definition) is 3. The van der Waals surface area contributed by atoms with E-state index in [2.05, 4.69) is 16.0 Å². The number of ether oxygens (including phenoxy) is 2. The molecule has 0 aliphatic carbocycles. The number of urea groups is 1. The molecule has 2 rings (SSSR count). The first-order chi connectivity index (χ1) is 13.4. The van der Waals surface area contributed by atoms with Gasteiger partial charge in [-0.05, 0) is 42.8 Å². The number of carbonyl (C=O) groups is 2. The highest BCUT2D eigenvalue weighted by Gasteiger charge is 2.15. The Labute approximate surface area is 163 Å². The molecule has 0 radical (unpaired) electrons. The van der Waals surface area contributed by atoms with Gasteiger partial charge in [0.15, 0.2) is 0 Å². The molecule has 3 amide bonds. The predicted octanol–water partition coefficient (Wildman–Crippen LogP) is 2.52. The first-order valence-electron chi connectivity index (χ1n) is 8.70. The molecule has 3 N–H and O–H groups in total. The first kappa shape index (κ1) is 21.0. The maximum Gasteiger partial charge on any atom is 0.315 e. The van der Waals surface area contributed by atoms with Gasteiger partial charge in [0.2, 0.25) is 5.91 Å². The van der Waals surface area contributed by atoms with Gasteiger partial charge in [-0.15, -0.1) is 0 Å². The lowest BCUT2D eigenvalue weighted by Gasteiger charge is -2.18. The summed E-state index contributed by atoms with van der Waals surface area (Å²) < 4.78 is 23.4. The molecule has 0 fully saturated rings. The Morgan fingerprint density at radius 2 is 1.75 bits per heavy atom. The molecular formula is C20H24FN3O4. The minimum atomic E-state index is -0.494. The minimum Gasteiger partial charge on any atom is -0.497 e. The largest absolute Gasteiger partial charge is 0.497 e. The highest BCUT2D eigenvalue weighted by Crippen LogP contribution is 2.29. The summed E-state index contributed by atoms with van der Waals surface area (Å²) in [5.41, 5.74) is 1.51. The SMILES string of the molecule is COc1ccc(OC)c(C(C)NC(=O)CNC(=O)NCc2ccc(F)cc2)c1. The Hall–Kier alpha value is -3.29. The van der Waals surface area contributed by atoms with Crippen LogP contribution >= 0.6 is 0 Å². The Morgan fingerprint density at radius 3 is 2.39 bits per heavy atom. The van der Waals surface area contributed by atoms with Crippen LogP contribution in [0, 0.1) is 5.82 Å². The summed E-state index contributed by atoms with van der Waals surface area (Å²) in [7, 11) is 3.11. The zero-order valence-corrected chi connectivity index (χ0v) is 16.0. The minimum absolute atomic E-state index is 0.189. The van der Waals surface area contributed by atoms with Crippen molar-refractivity contribution in [1.29, 1.82) is 0 Å². The van der Waals surface area contributed by atoms with E-state index in [1.165, 1.54) is 12.1 Å². The molecule has 0 heterocycles. The predicted molar refractivity (Wildman–Crippen MR) is 103 cm³/mol. The molecule has 2 aromatic rings. The summed E-state index contributed by atoms with van der Waals surface area (Å²) in [5, 5.41) is 7.88. The van der Waals surface area contributed by atoms with Crippen LogP contribution < -0.4 is 25.4 Å². The molecule has 0 aliphatic rings. The van der Waals surface area contributed by atoms with Gasteiger partial charge in [-0.3, -0.25) is 4.79 Å². The van der Waals surface area contributed by atoms with Crippen LogP contribution in [0.1, 0.15) is 24.1 Å². The highest BCUT2D eigenvalue weighted by atomic mass is 19.1. The van der Waals surface area contributed by atoms with Gasteiger partial charge in [-0.25, -0.2) is 9.18 Å². The second-order valence-corrected chi connectivity index (χ2v) is 6.06. The van der Waals surface area contributed by atoms with Crippen molar-refractivity contribution in [2.24, 2.45) is 0 Å².